The van der Waals surface area contributed by atoms with Gasteiger partial charge in [-0.05, 0) is 17.7 Å². The van der Waals surface area contributed by atoms with E-state index in [0.29, 0.717) is 16.4 Å². The van der Waals surface area contributed by atoms with Crippen LogP contribution in [0.5, 0.6) is 0 Å². The molecule has 4 rings (SSSR count). The quantitative estimate of drug-likeness (QED) is 0.384. The Labute approximate surface area is 184 Å². The summed E-state index contributed by atoms with van der Waals surface area (Å²) < 4.78 is 1.74. The third kappa shape index (κ3) is 4.59. The number of rotatable bonds is 7. The number of aromatic nitrogens is 3. The maximum absolute atomic E-state index is 9.40. The number of hydrogen-bond acceptors (Lipinski definition) is 6. The fraction of sp³-hybridized carbons (Fsp3) is 0.174. The molecule has 31 heavy (non-hydrogen) atoms. The Kier molecular flexibility index (Phi) is 6.27. The minimum absolute atomic E-state index is 0.128. The van der Waals surface area contributed by atoms with Crippen LogP contribution in [-0.2, 0) is 7.05 Å². The van der Waals surface area contributed by atoms with E-state index in [1.54, 1.807) is 17.1 Å². The van der Waals surface area contributed by atoms with Gasteiger partial charge in [-0.25, -0.2) is 4.98 Å². The lowest BCUT2D eigenvalue weighted by molar-refractivity contribution is 0.102. The number of pyridine rings is 1. The average molecular weight is 436 g/mol. The highest BCUT2D eigenvalue weighted by molar-refractivity contribution is 6.36. The second-order valence-corrected chi connectivity index (χ2v) is 7.48. The van der Waals surface area contributed by atoms with E-state index in [9.17, 15) is 5.11 Å². The van der Waals surface area contributed by atoms with Crippen LogP contribution in [-0.4, -0.2) is 50.4 Å². The Hall–Kier alpha value is -3.26. The molecular weight excluding hydrogens is 414 g/mol. The third-order valence-corrected chi connectivity index (χ3v) is 5.22. The van der Waals surface area contributed by atoms with Gasteiger partial charge in [-0.2, -0.15) is 5.10 Å². The molecule has 0 saturated heterocycles. The van der Waals surface area contributed by atoms with E-state index in [4.69, 9.17) is 16.7 Å². The van der Waals surface area contributed by atoms with Crippen molar-refractivity contribution in [1.29, 1.82) is 0 Å². The molecule has 0 radical (unpaired) electrons. The summed E-state index contributed by atoms with van der Waals surface area (Å²) in [4.78, 5) is 8.67. The van der Waals surface area contributed by atoms with E-state index in [1.807, 2.05) is 61.6 Å². The number of nitrogens with one attached hydrogen (secondary N) is 1. The summed E-state index contributed by atoms with van der Waals surface area (Å²) in [6.07, 6.45) is 2.44. The summed E-state index contributed by atoms with van der Waals surface area (Å²) in [5.74, 6) is 0.601. The predicted molar refractivity (Wildman–Crippen MR) is 124 cm³/mol. The summed E-state index contributed by atoms with van der Waals surface area (Å²) in [5, 5.41) is 26.7. The Morgan fingerprint density at radius 3 is 2.77 bits per heavy atom. The highest BCUT2D eigenvalue weighted by Crippen LogP contribution is 2.36. The third-order valence-electron chi connectivity index (χ3n) is 4.82. The van der Waals surface area contributed by atoms with Crippen LogP contribution in [0.1, 0.15) is 5.56 Å². The van der Waals surface area contributed by atoms with Gasteiger partial charge in [-0.1, -0.05) is 54.1 Å². The molecule has 8 heteroatoms. The van der Waals surface area contributed by atoms with Crippen molar-refractivity contribution in [2.24, 2.45) is 12.0 Å². The van der Waals surface area contributed by atoms with Crippen LogP contribution in [0.25, 0.3) is 22.2 Å². The lowest BCUT2D eigenvalue weighted by Gasteiger charge is -2.10. The molecule has 2 aromatic carbocycles. The number of aliphatic imine (C=N–C) groups is 1. The van der Waals surface area contributed by atoms with Crippen molar-refractivity contribution in [3.8, 4) is 11.1 Å². The lowest BCUT2D eigenvalue weighted by atomic mass is 10.1. The van der Waals surface area contributed by atoms with Crippen LogP contribution < -0.4 is 5.32 Å². The molecule has 0 aliphatic carbocycles. The van der Waals surface area contributed by atoms with Crippen LogP contribution in [0.4, 0.5) is 11.5 Å². The molecule has 3 N–H and O–H groups in total. The fourth-order valence-corrected chi connectivity index (χ4v) is 3.52. The number of halogens is 1. The molecule has 2 heterocycles. The van der Waals surface area contributed by atoms with Crippen molar-refractivity contribution in [3.05, 3.63) is 71.4 Å². The lowest BCUT2D eigenvalue weighted by Crippen LogP contribution is -2.15. The van der Waals surface area contributed by atoms with Gasteiger partial charge in [0.2, 0.25) is 0 Å². The molecule has 2 aromatic heterocycles. The highest BCUT2D eigenvalue weighted by atomic mass is 35.5. The molecule has 0 spiro atoms. The topological polar surface area (TPSA) is 95.6 Å². The molecule has 0 aliphatic rings. The zero-order valence-electron chi connectivity index (χ0n) is 16.9. The molecular formula is C23H22ClN5O2. The van der Waals surface area contributed by atoms with Crippen LogP contribution in [0.3, 0.4) is 0 Å². The maximum atomic E-state index is 9.40. The summed E-state index contributed by atoms with van der Waals surface area (Å²) >= 11 is 6.70. The van der Waals surface area contributed by atoms with E-state index in [-0.39, 0.29) is 13.2 Å². The zero-order chi connectivity index (χ0) is 21.8. The number of nitrogens with zero attached hydrogens (tertiary/aromatic N) is 4. The molecule has 0 saturated carbocycles. The number of hydrogen-bond donors (Lipinski definition) is 3. The van der Waals surface area contributed by atoms with E-state index >= 15 is 0 Å². The van der Waals surface area contributed by atoms with Gasteiger partial charge in [-0.15, -0.1) is 0 Å². The molecule has 4 aromatic rings. The first-order valence-corrected chi connectivity index (χ1v) is 10.2. The van der Waals surface area contributed by atoms with Crippen LogP contribution in [0.2, 0.25) is 5.02 Å². The second kappa shape index (κ2) is 9.26. The number of fused-ring (bicyclic) bond motifs is 1. The van der Waals surface area contributed by atoms with E-state index < -0.39 is 6.10 Å². The van der Waals surface area contributed by atoms with Crippen LogP contribution in [0.15, 0.2) is 65.8 Å². The standard InChI is InChI=1S/C23H22ClN5O2/c1-29-20-10-15(11-25-13-17(31)14-30)12-26-22(20)23(28-29)27-19-9-5-8-18(21(19)24)16-6-3-2-4-7-16/h2-12,17,30-31H,13-14H2,1H3,(H,27,28). The number of aliphatic hydroxyl groups is 2. The molecule has 0 bridgehead atoms. The van der Waals surface area contributed by atoms with Crippen LogP contribution >= 0.6 is 11.6 Å². The monoisotopic (exact) mass is 435 g/mol. The predicted octanol–water partition coefficient (Wildman–Crippen LogP) is 3.80. The van der Waals surface area contributed by atoms with Gasteiger partial charge in [0.1, 0.15) is 5.52 Å². The number of anilines is 2. The van der Waals surface area contributed by atoms with Gasteiger partial charge in [0.25, 0.3) is 0 Å². The normalized spacial score (nSPS) is 12.5. The number of benzene rings is 2. The van der Waals surface area contributed by atoms with Gasteiger partial charge in [-0.3, -0.25) is 9.67 Å². The first-order valence-electron chi connectivity index (χ1n) is 9.79. The molecule has 0 fully saturated rings. The van der Waals surface area contributed by atoms with E-state index in [0.717, 1.165) is 27.9 Å². The highest BCUT2D eigenvalue weighted by Gasteiger charge is 2.14. The van der Waals surface area contributed by atoms with Crippen molar-refractivity contribution < 1.29 is 10.2 Å². The first-order chi connectivity index (χ1) is 15.1. The van der Waals surface area contributed by atoms with Gasteiger partial charge in [0.15, 0.2) is 5.82 Å². The second-order valence-electron chi connectivity index (χ2n) is 7.10. The molecule has 0 amide bonds. The Morgan fingerprint density at radius 1 is 1.19 bits per heavy atom. The summed E-state index contributed by atoms with van der Waals surface area (Å²) in [6, 6.07) is 17.7. The van der Waals surface area contributed by atoms with Crippen molar-refractivity contribution in [3.63, 3.8) is 0 Å². The summed E-state index contributed by atoms with van der Waals surface area (Å²) in [6.45, 7) is -0.192. The minimum Gasteiger partial charge on any atom is -0.394 e. The van der Waals surface area contributed by atoms with E-state index in [1.165, 1.54) is 0 Å². The number of aryl methyl sites for hydroxylation is 1. The Bertz CT molecular complexity index is 1220. The Balaban J connectivity index is 1.63. The van der Waals surface area contributed by atoms with Gasteiger partial charge < -0.3 is 15.5 Å². The smallest absolute Gasteiger partial charge is 0.179 e. The largest absolute Gasteiger partial charge is 0.394 e. The summed E-state index contributed by atoms with van der Waals surface area (Å²) in [5.41, 5.74) is 5.02. The number of aliphatic hydroxyl groups excluding tert-OH is 2. The van der Waals surface area contributed by atoms with Crippen molar-refractivity contribution >= 4 is 40.4 Å². The van der Waals surface area contributed by atoms with Gasteiger partial charge in [0, 0.05) is 30.6 Å². The van der Waals surface area contributed by atoms with E-state index in [2.05, 4.69) is 20.4 Å². The summed E-state index contributed by atoms with van der Waals surface area (Å²) in [7, 11) is 1.84. The molecule has 158 valence electrons. The molecule has 1 atom stereocenters. The molecule has 1 unspecified atom stereocenters. The average Bonchev–Trinajstić information content (AvgIpc) is 3.10. The Morgan fingerprint density at radius 2 is 2.00 bits per heavy atom. The van der Waals surface area contributed by atoms with Gasteiger partial charge in [0.05, 0.1) is 35.5 Å². The molecule has 7 nitrogen and oxygen atoms in total. The van der Waals surface area contributed by atoms with Crippen LogP contribution in [0, 0.1) is 0 Å². The SMILES string of the molecule is Cn1nc(Nc2cccc(-c3ccccc3)c2Cl)c2ncc(C=NCC(O)CO)cc21. The molecule has 0 aliphatic heterocycles. The zero-order valence-corrected chi connectivity index (χ0v) is 17.7. The minimum atomic E-state index is -0.864. The first kappa shape index (κ1) is 21.0. The fourth-order valence-electron chi connectivity index (χ4n) is 3.24. The van der Waals surface area contributed by atoms with Crippen molar-refractivity contribution in [2.45, 2.75) is 6.10 Å². The van der Waals surface area contributed by atoms with Gasteiger partial charge >= 0.3 is 0 Å². The maximum Gasteiger partial charge on any atom is 0.179 e. The van der Waals surface area contributed by atoms with Crippen molar-refractivity contribution in [2.75, 3.05) is 18.5 Å². The van der Waals surface area contributed by atoms with Crippen molar-refractivity contribution in [1.82, 2.24) is 14.8 Å².